The van der Waals surface area contributed by atoms with Gasteiger partial charge >= 0.3 is 0 Å². The van der Waals surface area contributed by atoms with Crippen LogP contribution in [-0.2, 0) is 0 Å². The van der Waals surface area contributed by atoms with E-state index in [9.17, 15) is 4.39 Å². The molecule has 0 atom stereocenters. The van der Waals surface area contributed by atoms with E-state index < -0.39 is 0 Å². The van der Waals surface area contributed by atoms with Crippen molar-refractivity contribution in [2.75, 3.05) is 13.1 Å². The van der Waals surface area contributed by atoms with Gasteiger partial charge in [0.15, 0.2) is 0 Å². The van der Waals surface area contributed by atoms with E-state index >= 15 is 0 Å². The van der Waals surface area contributed by atoms with Crippen molar-refractivity contribution in [2.45, 2.75) is 31.8 Å². The average Bonchev–Trinajstić information content (AvgIpc) is 3.04. The van der Waals surface area contributed by atoms with Crippen molar-refractivity contribution in [1.82, 2.24) is 5.32 Å². The predicted octanol–water partition coefficient (Wildman–Crippen LogP) is 3.50. The summed E-state index contributed by atoms with van der Waals surface area (Å²) < 4.78 is 19.5. The highest BCUT2D eigenvalue weighted by Crippen LogP contribution is 2.40. The summed E-state index contributed by atoms with van der Waals surface area (Å²) in [5.41, 5.74) is -0.0631. The molecule has 0 radical (unpaired) electrons. The van der Waals surface area contributed by atoms with Crippen LogP contribution in [0.1, 0.15) is 26.2 Å². The molecule has 0 bridgehead atoms. The van der Waals surface area contributed by atoms with Gasteiger partial charge in [-0.2, -0.15) is 0 Å². The Bertz CT molecular complexity index is 393. The van der Waals surface area contributed by atoms with E-state index in [1.165, 1.54) is 6.07 Å². The van der Waals surface area contributed by atoms with Crippen molar-refractivity contribution >= 4 is 15.9 Å². The van der Waals surface area contributed by atoms with Crippen LogP contribution in [0.5, 0.6) is 5.75 Å². The van der Waals surface area contributed by atoms with Gasteiger partial charge in [0.05, 0.1) is 4.47 Å². The van der Waals surface area contributed by atoms with Gasteiger partial charge < -0.3 is 10.1 Å². The fraction of sp³-hybridized carbons (Fsp3) is 0.538. The first-order valence-electron chi connectivity index (χ1n) is 6.00. The molecular formula is C13H17BrFNO. The highest BCUT2D eigenvalue weighted by Gasteiger charge is 2.45. The monoisotopic (exact) mass is 301 g/mol. The first kappa shape index (κ1) is 12.8. The molecule has 0 saturated heterocycles. The first-order chi connectivity index (χ1) is 8.15. The van der Waals surface area contributed by atoms with Crippen molar-refractivity contribution in [3.8, 4) is 5.75 Å². The van der Waals surface area contributed by atoms with Crippen LogP contribution >= 0.6 is 15.9 Å². The summed E-state index contributed by atoms with van der Waals surface area (Å²) in [6.45, 7) is 4.03. The van der Waals surface area contributed by atoms with E-state index in [-0.39, 0.29) is 11.4 Å². The van der Waals surface area contributed by atoms with E-state index in [1.54, 1.807) is 12.1 Å². The number of halogens is 2. The Hall–Kier alpha value is -0.610. The Balaban J connectivity index is 1.93. The summed E-state index contributed by atoms with van der Waals surface area (Å²) >= 11 is 3.17. The lowest BCUT2D eigenvalue weighted by Crippen LogP contribution is -2.33. The Kier molecular flexibility index (Phi) is 4.05. The molecule has 0 aromatic heterocycles. The fourth-order valence-corrected chi connectivity index (χ4v) is 2.10. The zero-order valence-corrected chi connectivity index (χ0v) is 11.5. The van der Waals surface area contributed by atoms with E-state index in [1.807, 2.05) is 0 Å². The molecule has 0 unspecified atom stereocenters. The third-order valence-corrected chi connectivity index (χ3v) is 3.51. The second-order valence-electron chi connectivity index (χ2n) is 4.54. The van der Waals surface area contributed by atoms with Crippen LogP contribution in [0.2, 0.25) is 0 Å². The van der Waals surface area contributed by atoms with Crippen molar-refractivity contribution in [3.05, 3.63) is 28.5 Å². The van der Waals surface area contributed by atoms with Crippen LogP contribution in [0, 0.1) is 5.82 Å². The minimum atomic E-state index is -0.258. The van der Waals surface area contributed by atoms with Gasteiger partial charge in [-0.3, -0.25) is 0 Å². The number of hydrogen-bond donors (Lipinski definition) is 1. The Morgan fingerprint density at radius 3 is 2.82 bits per heavy atom. The van der Waals surface area contributed by atoms with Crippen molar-refractivity contribution in [2.24, 2.45) is 0 Å². The molecule has 0 aliphatic heterocycles. The van der Waals surface area contributed by atoms with Gasteiger partial charge in [-0.1, -0.05) is 6.92 Å². The molecule has 1 fully saturated rings. The molecule has 1 aromatic carbocycles. The minimum absolute atomic E-state index is 0.0631. The SMILES string of the molecule is CCCNCC1(Oc2ccc(F)c(Br)c2)CC1. The normalized spacial score (nSPS) is 16.9. The molecule has 1 N–H and O–H groups in total. The average molecular weight is 302 g/mol. The highest BCUT2D eigenvalue weighted by molar-refractivity contribution is 9.10. The lowest BCUT2D eigenvalue weighted by Gasteiger charge is -2.18. The minimum Gasteiger partial charge on any atom is -0.486 e. The molecular weight excluding hydrogens is 285 g/mol. The molecule has 17 heavy (non-hydrogen) atoms. The molecule has 0 heterocycles. The summed E-state index contributed by atoms with van der Waals surface area (Å²) in [6.07, 6.45) is 3.26. The highest BCUT2D eigenvalue weighted by atomic mass is 79.9. The molecule has 1 saturated carbocycles. The quantitative estimate of drug-likeness (QED) is 0.812. The molecule has 94 valence electrons. The number of hydrogen-bond acceptors (Lipinski definition) is 2. The van der Waals surface area contributed by atoms with Crippen molar-refractivity contribution in [1.29, 1.82) is 0 Å². The molecule has 1 aromatic rings. The molecule has 1 aliphatic rings. The molecule has 2 rings (SSSR count). The Morgan fingerprint density at radius 1 is 1.47 bits per heavy atom. The lowest BCUT2D eigenvalue weighted by atomic mass is 10.3. The second kappa shape index (κ2) is 5.36. The van der Waals surface area contributed by atoms with Gasteiger partial charge in [-0.25, -0.2) is 4.39 Å². The van der Waals surface area contributed by atoms with Crippen LogP contribution in [0.3, 0.4) is 0 Å². The summed E-state index contributed by atoms with van der Waals surface area (Å²) in [4.78, 5) is 0. The van der Waals surface area contributed by atoms with Gasteiger partial charge in [0.2, 0.25) is 0 Å². The molecule has 2 nitrogen and oxygen atoms in total. The first-order valence-corrected chi connectivity index (χ1v) is 6.79. The van der Waals surface area contributed by atoms with Gasteiger partial charge in [-0.05, 0) is 59.9 Å². The third-order valence-electron chi connectivity index (χ3n) is 2.91. The van der Waals surface area contributed by atoms with Crippen LogP contribution in [0.4, 0.5) is 4.39 Å². The van der Waals surface area contributed by atoms with Gasteiger partial charge in [-0.15, -0.1) is 0 Å². The van der Waals surface area contributed by atoms with Crippen LogP contribution in [0.15, 0.2) is 22.7 Å². The van der Waals surface area contributed by atoms with Crippen LogP contribution in [0.25, 0.3) is 0 Å². The summed E-state index contributed by atoms with van der Waals surface area (Å²) in [7, 11) is 0. The van der Waals surface area contributed by atoms with E-state index in [4.69, 9.17) is 4.74 Å². The lowest BCUT2D eigenvalue weighted by molar-refractivity contribution is 0.175. The maximum absolute atomic E-state index is 13.1. The number of ether oxygens (including phenoxy) is 1. The maximum atomic E-state index is 13.1. The second-order valence-corrected chi connectivity index (χ2v) is 5.39. The zero-order chi connectivity index (χ0) is 12.3. The summed E-state index contributed by atoms with van der Waals surface area (Å²) in [5, 5.41) is 3.37. The zero-order valence-electron chi connectivity index (χ0n) is 9.93. The van der Waals surface area contributed by atoms with E-state index in [0.29, 0.717) is 4.47 Å². The van der Waals surface area contributed by atoms with Gasteiger partial charge in [0.25, 0.3) is 0 Å². The molecule has 0 amide bonds. The Morgan fingerprint density at radius 2 is 2.24 bits per heavy atom. The topological polar surface area (TPSA) is 21.3 Å². The fourth-order valence-electron chi connectivity index (χ4n) is 1.74. The van der Waals surface area contributed by atoms with Crippen molar-refractivity contribution in [3.63, 3.8) is 0 Å². The molecule has 4 heteroatoms. The van der Waals surface area contributed by atoms with Crippen LogP contribution < -0.4 is 10.1 Å². The van der Waals surface area contributed by atoms with Crippen molar-refractivity contribution < 1.29 is 9.13 Å². The summed E-state index contributed by atoms with van der Waals surface area (Å²) in [6, 6.07) is 4.80. The number of benzene rings is 1. The van der Waals surface area contributed by atoms with Gasteiger partial charge in [0.1, 0.15) is 17.2 Å². The standard InChI is InChI=1S/C13H17BrFNO/c1-2-7-16-9-13(5-6-13)17-10-3-4-12(15)11(14)8-10/h3-4,8,16H,2,5-7,9H2,1H3. The largest absolute Gasteiger partial charge is 0.486 e. The van der Waals surface area contributed by atoms with Gasteiger partial charge in [0, 0.05) is 6.54 Å². The maximum Gasteiger partial charge on any atom is 0.137 e. The smallest absolute Gasteiger partial charge is 0.137 e. The number of rotatable bonds is 6. The molecule has 0 spiro atoms. The third kappa shape index (κ3) is 3.42. The van der Waals surface area contributed by atoms with E-state index in [0.717, 1.165) is 38.1 Å². The molecule has 1 aliphatic carbocycles. The Labute approximate surface area is 110 Å². The number of nitrogens with one attached hydrogen (secondary N) is 1. The van der Waals surface area contributed by atoms with Crippen LogP contribution in [-0.4, -0.2) is 18.7 Å². The summed E-state index contributed by atoms with van der Waals surface area (Å²) in [5.74, 6) is 0.473. The van der Waals surface area contributed by atoms with E-state index in [2.05, 4.69) is 28.2 Å². The predicted molar refractivity (Wildman–Crippen MR) is 69.9 cm³/mol.